The van der Waals surface area contributed by atoms with Gasteiger partial charge < -0.3 is 24.7 Å². The predicted octanol–water partition coefficient (Wildman–Crippen LogP) is -0.354. The zero-order valence-electron chi connectivity index (χ0n) is 8.98. The van der Waals surface area contributed by atoms with Crippen molar-refractivity contribution in [3.8, 4) is 0 Å². The topological polar surface area (TPSA) is 135 Å². The molecule has 0 aromatic rings. The molecule has 16 heavy (non-hydrogen) atoms. The van der Waals surface area contributed by atoms with E-state index in [0.717, 1.165) is 0 Å². The maximum atomic E-state index is 11.0. The monoisotopic (exact) mass is 295 g/mol. The molecule has 1 unspecified atom stereocenters. The summed E-state index contributed by atoms with van der Waals surface area (Å²) < 4.78 is 22.0. The highest BCUT2D eigenvalue weighted by Gasteiger charge is 2.62. The molecule has 0 bridgehead atoms. The minimum absolute atomic E-state index is 0.544. The van der Waals surface area contributed by atoms with Gasteiger partial charge >= 0.3 is 20.3 Å². The standard InChI is InChI=1S/C6H16O7P2S/c1-3-4-16(2)5-6(7,14(8,9)10)15(11,12)13/h7H,3-5H2,1-2H3,(H3-,8,9,10,11,12,13)/p+1. The zero-order valence-corrected chi connectivity index (χ0v) is 11.6. The van der Waals surface area contributed by atoms with Crippen molar-refractivity contribution >= 4 is 26.1 Å². The highest BCUT2D eigenvalue weighted by Crippen LogP contribution is 2.67. The Morgan fingerprint density at radius 2 is 1.50 bits per heavy atom. The second-order valence-corrected chi connectivity index (χ2v) is 9.76. The smallest absolute Gasteiger partial charge is 0.364 e. The Morgan fingerprint density at radius 1 is 1.12 bits per heavy atom. The molecule has 7 nitrogen and oxygen atoms in total. The van der Waals surface area contributed by atoms with E-state index in [1.807, 2.05) is 6.92 Å². The highest BCUT2D eigenvalue weighted by molar-refractivity contribution is 7.97. The minimum atomic E-state index is -5.29. The van der Waals surface area contributed by atoms with Gasteiger partial charge in [0.05, 0.1) is 6.26 Å². The fraction of sp³-hybridized carbons (Fsp3) is 1.00. The molecular weight excluding hydrogens is 278 g/mol. The Morgan fingerprint density at radius 3 is 1.75 bits per heavy atom. The van der Waals surface area contributed by atoms with E-state index >= 15 is 0 Å². The molecule has 0 aliphatic rings. The van der Waals surface area contributed by atoms with Crippen LogP contribution in [-0.2, 0) is 20.0 Å². The van der Waals surface area contributed by atoms with Gasteiger partial charge in [0.2, 0.25) is 0 Å². The van der Waals surface area contributed by atoms with E-state index in [1.165, 1.54) is 0 Å². The third-order valence-electron chi connectivity index (χ3n) is 1.93. The van der Waals surface area contributed by atoms with Gasteiger partial charge in [0, 0.05) is 0 Å². The summed E-state index contributed by atoms with van der Waals surface area (Å²) in [5.74, 6) is -0.0578. The van der Waals surface area contributed by atoms with Crippen LogP contribution in [0.2, 0.25) is 0 Å². The summed E-state index contributed by atoms with van der Waals surface area (Å²) in [4.78, 5) is 35.5. The molecule has 0 fully saturated rings. The lowest BCUT2D eigenvalue weighted by Gasteiger charge is -2.27. The summed E-state index contributed by atoms with van der Waals surface area (Å²) in [7, 11) is -11.2. The van der Waals surface area contributed by atoms with Gasteiger partial charge in [-0.3, -0.25) is 9.13 Å². The summed E-state index contributed by atoms with van der Waals surface area (Å²) in [6.07, 6.45) is 2.30. The van der Waals surface area contributed by atoms with Crippen LogP contribution in [-0.4, -0.2) is 47.5 Å². The minimum Gasteiger partial charge on any atom is -0.364 e. The summed E-state index contributed by atoms with van der Waals surface area (Å²) in [5.41, 5.74) is 0. The van der Waals surface area contributed by atoms with Crippen LogP contribution >= 0.6 is 15.2 Å². The van der Waals surface area contributed by atoms with Crippen LogP contribution in [0, 0.1) is 0 Å². The largest absolute Gasteiger partial charge is 0.374 e. The van der Waals surface area contributed by atoms with Crippen LogP contribution in [0.15, 0.2) is 0 Å². The molecule has 0 saturated heterocycles. The number of rotatable bonds is 6. The van der Waals surface area contributed by atoms with Crippen molar-refractivity contribution in [2.75, 3.05) is 17.8 Å². The average Bonchev–Trinajstić information content (AvgIpc) is 1.99. The van der Waals surface area contributed by atoms with Crippen molar-refractivity contribution in [1.82, 2.24) is 0 Å². The number of hydrogen-bond donors (Lipinski definition) is 5. The van der Waals surface area contributed by atoms with Gasteiger partial charge in [-0.15, -0.1) is 0 Å². The molecule has 0 heterocycles. The molecule has 0 radical (unpaired) electrons. The van der Waals surface area contributed by atoms with Gasteiger partial charge in [0.25, 0.3) is 0 Å². The Kier molecular flexibility index (Phi) is 5.71. The highest BCUT2D eigenvalue weighted by atomic mass is 32.2. The van der Waals surface area contributed by atoms with Crippen molar-refractivity contribution in [2.24, 2.45) is 0 Å². The quantitative estimate of drug-likeness (QED) is 0.333. The molecule has 0 aliphatic carbocycles. The van der Waals surface area contributed by atoms with Gasteiger partial charge in [-0.1, -0.05) is 6.92 Å². The van der Waals surface area contributed by atoms with Crippen LogP contribution < -0.4 is 0 Å². The Hall–Kier alpha value is 0.610. The summed E-state index contributed by atoms with van der Waals surface area (Å²) in [5, 5.41) is 6.31. The van der Waals surface area contributed by atoms with Gasteiger partial charge in [0.15, 0.2) is 5.75 Å². The number of hydrogen-bond acceptors (Lipinski definition) is 3. The number of aliphatic hydroxyl groups is 1. The van der Waals surface area contributed by atoms with Crippen LogP contribution in [0.25, 0.3) is 0 Å². The van der Waals surface area contributed by atoms with Crippen molar-refractivity contribution in [1.29, 1.82) is 0 Å². The van der Waals surface area contributed by atoms with Gasteiger partial charge in [-0.2, -0.15) is 0 Å². The maximum absolute atomic E-state index is 11.0. The third-order valence-corrected chi connectivity index (χ3v) is 8.11. The maximum Gasteiger partial charge on any atom is 0.374 e. The van der Waals surface area contributed by atoms with E-state index in [0.29, 0.717) is 12.2 Å². The molecule has 1 atom stereocenters. The molecule has 0 aromatic heterocycles. The first kappa shape index (κ1) is 16.6. The molecule has 0 aliphatic heterocycles. The Balaban J connectivity index is 5.14. The third kappa shape index (κ3) is 3.82. The first-order valence-electron chi connectivity index (χ1n) is 4.38. The van der Waals surface area contributed by atoms with Crippen LogP contribution in [0.1, 0.15) is 13.3 Å². The predicted molar refractivity (Wildman–Crippen MR) is 62.4 cm³/mol. The summed E-state index contributed by atoms with van der Waals surface area (Å²) in [6.45, 7) is 1.83. The fourth-order valence-corrected chi connectivity index (χ4v) is 6.62. The lowest BCUT2D eigenvalue weighted by Crippen LogP contribution is -2.37. The normalized spacial score (nSPS) is 16.2. The van der Waals surface area contributed by atoms with Crippen LogP contribution in [0.3, 0.4) is 0 Å². The molecule has 0 rings (SSSR count). The van der Waals surface area contributed by atoms with E-state index in [1.54, 1.807) is 6.26 Å². The van der Waals surface area contributed by atoms with Crippen LogP contribution in [0.4, 0.5) is 0 Å². The molecule has 10 heteroatoms. The van der Waals surface area contributed by atoms with E-state index in [2.05, 4.69) is 0 Å². The van der Waals surface area contributed by atoms with E-state index < -0.39 is 36.9 Å². The molecule has 0 spiro atoms. The average molecular weight is 295 g/mol. The van der Waals surface area contributed by atoms with Crippen LogP contribution in [0.5, 0.6) is 0 Å². The van der Waals surface area contributed by atoms with Gasteiger partial charge in [-0.05, 0) is 17.3 Å². The first-order valence-corrected chi connectivity index (χ1v) is 9.58. The van der Waals surface area contributed by atoms with Crippen molar-refractivity contribution < 1.29 is 33.8 Å². The molecule has 5 N–H and O–H groups in total. The van der Waals surface area contributed by atoms with Gasteiger partial charge in [-0.25, -0.2) is 0 Å². The fourth-order valence-electron chi connectivity index (χ4n) is 1.09. The zero-order chi connectivity index (χ0) is 13.2. The SMILES string of the molecule is CCC[S+](C)CC(O)(P(=O)(O)O)P(=O)(O)O. The van der Waals surface area contributed by atoms with Crippen molar-refractivity contribution in [3.63, 3.8) is 0 Å². The lowest BCUT2D eigenvalue weighted by molar-refractivity contribution is 0.149. The molecule has 0 amide bonds. The van der Waals surface area contributed by atoms with Crippen molar-refractivity contribution in [3.05, 3.63) is 0 Å². The van der Waals surface area contributed by atoms with Crippen molar-refractivity contribution in [2.45, 2.75) is 18.4 Å². The molecule has 98 valence electrons. The molecule has 0 saturated carbocycles. The second-order valence-electron chi connectivity index (χ2n) is 3.49. The summed E-state index contributed by atoms with van der Waals surface area (Å²) >= 11 is 0. The van der Waals surface area contributed by atoms with Gasteiger partial charge in [0.1, 0.15) is 5.75 Å². The Bertz CT molecular complexity index is 299. The first-order chi connectivity index (χ1) is 6.95. The molecule has 0 aromatic carbocycles. The second kappa shape index (κ2) is 5.50. The lowest BCUT2D eigenvalue weighted by atomic mass is 10.6. The summed E-state index contributed by atoms with van der Waals surface area (Å²) in [6, 6.07) is 0. The van der Waals surface area contributed by atoms with E-state index in [-0.39, 0.29) is 0 Å². The Labute approximate surface area is 96.6 Å². The van der Waals surface area contributed by atoms with E-state index in [9.17, 15) is 14.2 Å². The van der Waals surface area contributed by atoms with E-state index in [4.69, 9.17) is 19.6 Å². The molecular formula is C6H17O7P2S+.